The summed E-state index contributed by atoms with van der Waals surface area (Å²) in [6.45, 7) is 4.16. The number of hydrogen-bond acceptors (Lipinski definition) is 5. The van der Waals surface area contributed by atoms with Crippen LogP contribution in [-0.2, 0) is 4.79 Å². The summed E-state index contributed by atoms with van der Waals surface area (Å²) >= 11 is 0. The lowest BCUT2D eigenvalue weighted by Gasteiger charge is -2.30. The van der Waals surface area contributed by atoms with E-state index < -0.39 is 29.0 Å². The zero-order chi connectivity index (χ0) is 23.8. The molecular weight excluding hydrogens is 429 g/mol. The van der Waals surface area contributed by atoms with E-state index in [0.29, 0.717) is 6.54 Å². The maximum atomic E-state index is 13.1. The molecule has 0 bridgehead atoms. The van der Waals surface area contributed by atoms with Crippen molar-refractivity contribution in [2.24, 2.45) is 11.3 Å². The van der Waals surface area contributed by atoms with E-state index in [1.165, 1.54) is 18.0 Å². The van der Waals surface area contributed by atoms with Crippen molar-refractivity contribution in [1.29, 1.82) is 0 Å². The average molecular weight is 456 g/mol. The molecule has 0 aromatic heterocycles. The van der Waals surface area contributed by atoms with Crippen LogP contribution in [0.2, 0.25) is 0 Å². The topological polar surface area (TPSA) is 105 Å². The SMILES string of the molecule is CNc1cc(N2CC(C)(C)CC2=O)c(C(=O)NC2CCC(C(F)(F)F)CC2)cc1[N+](=O)[O-]. The lowest BCUT2D eigenvalue weighted by molar-refractivity contribution is -0.384. The number of nitrogens with one attached hydrogen (secondary N) is 2. The van der Waals surface area contributed by atoms with Crippen molar-refractivity contribution in [3.63, 3.8) is 0 Å². The highest BCUT2D eigenvalue weighted by Gasteiger charge is 2.42. The van der Waals surface area contributed by atoms with Crippen molar-refractivity contribution in [3.8, 4) is 0 Å². The van der Waals surface area contributed by atoms with E-state index in [0.717, 1.165) is 6.07 Å². The summed E-state index contributed by atoms with van der Waals surface area (Å²) in [6, 6.07) is 2.06. The second-order valence-electron chi connectivity index (χ2n) is 9.28. The van der Waals surface area contributed by atoms with Gasteiger partial charge in [0, 0.05) is 32.1 Å². The van der Waals surface area contributed by atoms with Gasteiger partial charge in [0.05, 0.1) is 22.1 Å². The molecule has 1 saturated carbocycles. The van der Waals surface area contributed by atoms with Crippen LogP contribution in [0.15, 0.2) is 12.1 Å². The Kier molecular flexibility index (Phi) is 6.39. The van der Waals surface area contributed by atoms with Crippen LogP contribution in [0, 0.1) is 21.4 Å². The van der Waals surface area contributed by atoms with Crippen LogP contribution in [0.1, 0.15) is 56.3 Å². The highest BCUT2D eigenvalue weighted by molar-refractivity contribution is 6.07. The minimum Gasteiger partial charge on any atom is -0.383 e. The highest BCUT2D eigenvalue weighted by Crippen LogP contribution is 2.40. The predicted octanol–water partition coefficient (Wildman–Crippen LogP) is 4.25. The molecule has 1 aromatic rings. The smallest absolute Gasteiger partial charge is 0.383 e. The minimum absolute atomic E-state index is 0.0419. The Labute approximate surface area is 183 Å². The molecule has 0 radical (unpaired) electrons. The third-order valence-electron chi connectivity index (χ3n) is 6.16. The summed E-state index contributed by atoms with van der Waals surface area (Å²) in [5.41, 5.74) is -0.294. The number of nitro benzene ring substituents is 1. The maximum Gasteiger partial charge on any atom is 0.391 e. The van der Waals surface area contributed by atoms with Gasteiger partial charge >= 0.3 is 6.18 Å². The summed E-state index contributed by atoms with van der Waals surface area (Å²) in [5.74, 6) is -2.23. The molecule has 1 aliphatic heterocycles. The molecule has 32 heavy (non-hydrogen) atoms. The van der Waals surface area contributed by atoms with E-state index >= 15 is 0 Å². The van der Waals surface area contributed by atoms with Crippen LogP contribution < -0.4 is 15.5 Å². The van der Waals surface area contributed by atoms with Crippen LogP contribution >= 0.6 is 0 Å². The molecule has 11 heteroatoms. The second-order valence-corrected chi connectivity index (χ2v) is 9.28. The Hall–Kier alpha value is -2.85. The number of alkyl halides is 3. The monoisotopic (exact) mass is 456 g/mol. The van der Waals surface area contributed by atoms with Crippen molar-refractivity contribution in [3.05, 3.63) is 27.8 Å². The molecule has 3 rings (SSSR count). The third-order valence-corrected chi connectivity index (χ3v) is 6.16. The van der Waals surface area contributed by atoms with Gasteiger partial charge in [-0.05, 0) is 37.2 Å². The number of nitrogens with zero attached hydrogens (tertiary/aromatic N) is 2. The molecule has 0 spiro atoms. The molecule has 2 amide bonds. The van der Waals surface area contributed by atoms with Crippen LogP contribution in [0.25, 0.3) is 0 Å². The average Bonchev–Trinajstić information content (AvgIpc) is 2.98. The fourth-order valence-corrected chi connectivity index (χ4v) is 4.46. The number of carbonyl (C=O) groups excluding carboxylic acids is 2. The number of amides is 2. The number of benzene rings is 1. The first-order valence-corrected chi connectivity index (χ1v) is 10.5. The molecule has 0 atom stereocenters. The zero-order valence-corrected chi connectivity index (χ0v) is 18.2. The van der Waals surface area contributed by atoms with E-state index in [1.54, 1.807) is 0 Å². The van der Waals surface area contributed by atoms with E-state index in [1.807, 2.05) is 13.8 Å². The van der Waals surface area contributed by atoms with Crippen LogP contribution in [-0.4, -0.2) is 42.5 Å². The Bertz CT molecular complexity index is 924. The van der Waals surface area contributed by atoms with E-state index in [9.17, 15) is 32.9 Å². The summed E-state index contributed by atoms with van der Waals surface area (Å²) in [7, 11) is 1.50. The van der Waals surface area contributed by atoms with Gasteiger partial charge in [-0.3, -0.25) is 19.7 Å². The molecule has 176 valence electrons. The van der Waals surface area contributed by atoms with E-state index in [4.69, 9.17) is 0 Å². The van der Waals surface area contributed by atoms with Crippen LogP contribution in [0.5, 0.6) is 0 Å². The van der Waals surface area contributed by atoms with Gasteiger partial charge < -0.3 is 15.5 Å². The Morgan fingerprint density at radius 1 is 1.22 bits per heavy atom. The number of hydrogen-bond donors (Lipinski definition) is 2. The largest absolute Gasteiger partial charge is 0.391 e. The first-order valence-electron chi connectivity index (χ1n) is 10.5. The predicted molar refractivity (Wildman–Crippen MR) is 113 cm³/mol. The molecule has 8 nitrogen and oxygen atoms in total. The third kappa shape index (κ3) is 4.97. The lowest BCUT2D eigenvalue weighted by Crippen LogP contribution is -2.40. The first-order chi connectivity index (χ1) is 14.8. The number of carbonyl (C=O) groups is 2. The van der Waals surface area contributed by atoms with Gasteiger partial charge in [-0.1, -0.05) is 13.8 Å². The lowest BCUT2D eigenvalue weighted by atomic mass is 9.85. The molecule has 1 saturated heterocycles. The van der Waals surface area contributed by atoms with E-state index in [2.05, 4.69) is 10.6 Å². The summed E-state index contributed by atoms with van der Waals surface area (Å²) in [4.78, 5) is 38.1. The molecule has 2 aliphatic rings. The molecule has 1 heterocycles. The van der Waals surface area contributed by atoms with Gasteiger partial charge in [-0.2, -0.15) is 13.2 Å². The zero-order valence-electron chi connectivity index (χ0n) is 18.2. The standard InChI is InChI=1S/C21H27F3N4O4/c1-20(2)10-18(29)27(11-20)16-9-15(25-3)17(28(31)32)8-14(16)19(30)26-13-6-4-12(5-7-13)21(22,23)24/h8-9,12-13,25H,4-7,10-11H2,1-3H3,(H,26,30). The van der Waals surface area contributed by atoms with Gasteiger partial charge in [0.15, 0.2) is 0 Å². The first kappa shape index (κ1) is 23.8. The Morgan fingerprint density at radius 2 is 1.84 bits per heavy atom. The molecule has 1 aliphatic carbocycles. The summed E-state index contributed by atoms with van der Waals surface area (Å²) < 4.78 is 38.8. The van der Waals surface area contributed by atoms with Crippen molar-refractivity contribution >= 4 is 28.9 Å². The van der Waals surface area contributed by atoms with Crippen molar-refractivity contribution < 1.29 is 27.7 Å². The molecule has 2 N–H and O–H groups in total. The second kappa shape index (κ2) is 8.59. The van der Waals surface area contributed by atoms with Gasteiger partial charge in [0.25, 0.3) is 11.6 Å². The van der Waals surface area contributed by atoms with Crippen LogP contribution in [0.3, 0.4) is 0 Å². The normalized spacial score (nSPS) is 23.2. The Morgan fingerprint density at radius 3 is 2.31 bits per heavy atom. The molecule has 1 aromatic carbocycles. The fourth-order valence-electron chi connectivity index (χ4n) is 4.46. The van der Waals surface area contributed by atoms with E-state index in [-0.39, 0.29) is 66.1 Å². The van der Waals surface area contributed by atoms with Crippen molar-refractivity contribution in [1.82, 2.24) is 5.32 Å². The molecule has 2 fully saturated rings. The van der Waals surface area contributed by atoms with Crippen LogP contribution in [0.4, 0.5) is 30.2 Å². The quantitative estimate of drug-likeness (QED) is 0.509. The number of nitro groups is 1. The summed E-state index contributed by atoms with van der Waals surface area (Å²) in [5, 5.41) is 17.0. The minimum atomic E-state index is -4.26. The molecular formula is C21H27F3N4O4. The fraction of sp³-hybridized carbons (Fsp3) is 0.619. The van der Waals surface area contributed by atoms with Gasteiger partial charge in [0.1, 0.15) is 5.69 Å². The van der Waals surface area contributed by atoms with Crippen molar-refractivity contribution in [2.45, 2.75) is 58.2 Å². The van der Waals surface area contributed by atoms with Gasteiger partial charge in [-0.15, -0.1) is 0 Å². The number of anilines is 2. The maximum absolute atomic E-state index is 13.1. The van der Waals surface area contributed by atoms with Gasteiger partial charge in [-0.25, -0.2) is 0 Å². The number of halogens is 3. The highest BCUT2D eigenvalue weighted by atomic mass is 19.4. The summed E-state index contributed by atoms with van der Waals surface area (Å²) in [6.07, 6.45) is -3.83. The van der Waals surface area contributed by atoms with Gasteiger partial charge in [0.2, 0.25) is 5.91 Å². The molecule has 0 unspecified atom stereocenters. The van der Waals surface area contributed by atoms with Crippen molar-refractivity contribution in [2.75, 3.05) is 23.8 Å². The number of rotatable bonds is 5. The Balaban J connectivity index is 1.90.